The predicted molar refractivity (Wildman–Crippen MR) is 26.6 cm³/mol. The van der Waals surface area contributed by atoms with Gasteiger partial charge in [0.2, 0.25) is 0 Å². The first-order valence-electron chi connectivity index (χ1n) is 3.37. The molecular weight excluding hydrogens is 88.1 g/mol. The molecule has 2 fully saturated rings. The fourth-order valence-corrected chi connectivity index (χ4v) is 1.08. The smallest absolute Gasteiger partial charge is 0.126 e. The Balaban J connectivity index is 2.04. The first kappa shape index (κ1) is 3.08. The van der Waals surface area contributed by atoms with Crippen molar-refractivity contribution in [3.05, 3.63) is 6.10 Å². The summed E-state index contributed by atoms with van der Waals surface area (Å²) in [6.45, 7) is 0. The number of fused-ring (bicyclic) bond motifs is 1. The Hall–Kier alpha value is -0.0400. The second-order valence-corrected chi connectivity index (χ2v) is 2.16. The molecule has 1 saturated heterocycles. The maximum absolute atomic E-state index is 7.44. The van der Waals surface area contributed by atoms with Gasteiger partial charge in [0.1, 0.15) is 6.10 Å². The summed E-state index contributed by atoms with van der Waals surface area (Å²) in [5, 5.41) is 0. The van der Waals surface area contributed by atoms with Crippen molar-refractivity contribution in [3.8, 4) is 0 Å². The monoisotopic (exact) mass is 98.1 g/mol. The first-order chi connectivity index (χ1) is 3.81. The quantitative estimate of drug-likeness (QED) is 0.418. The molecule has 1 aliphatic carbocycles. The van der Waals surface area contributed by atoms with Gasteiger partial charge in [-0.2, -0.15) is 0 Å². The molecule has 0 aromatic heterocycles. The molecule has 1 aliphatic heterocycles. The Labute approximate surface area is 45.1 Å². The molecule has 7 heavy (non-hydrogen) atoms. The summed E-state index contributed by atoms with van der Waals surface area (Å²) >= 11 is 0. The first-order valence-corrected chi connectivity index (χ1v) is 2.87. The van der Waals surface area contributed by atoms with Crippen LogP contribution in [0.1, 0.15) is 27.1 Å². The molecule has 1 saturated carbocycles. The number of rotatable bonds is 0. The van der Waals surface area contributed by atoms with Crippen LogP contribution in [0.25, 0.3) is 0 Å². The molecule has 1 heterocycles. The summed E-state index contributed by atoms with van der Waals surface area (Å²) in [7, 11) is 0. The van der Waals surface area contributed by atoms with E-state index in [0.717, 1.165) is 18.9 Å². The average Bonchev–Trinajstić information content (AvgIpc) is 2.39. The summed E-state index contributed by atoms with van der Waals surface area (Å²) < 4.78 is 12.5. The van der Waals surface area contributed by atoms with E-state index < -0.39 is 6.08 Å². The normalized spacial score (nSPS) is 52.9. The number of hydrogen-bond donors (Lipinski definition) is 0. The zero-order chi connectivity index (χ0) is 5.61. The van der Waals surface area contributed by atoms with Crippen LogP contribution < -0.4 is 0 Å². The van der Waals surface area contributed by atoms with Crippen LogP contribution in [0.5, 0.6) is 0 Å². The maximum atomic E-state index is 7.44. The van der Waals surface area contributed by atoms with E-state index in [1.54, 1.807) is 0 Å². The van der Waals surface area contributed by atoms with Crippen molar-refractivity contribution in [3.63, 3.8) is 0 Å². The lowest BCUT2D eigenvalue weighted by Gasteiger charge is -1.99. The standard InChI is InChI=1S/C6H9O/c1-2-4-6-5(3-1)7-6/h5H,1-4H2/i5D. The highest BCUT2D eigenvalue weighted by Crippen LogP contribution is 2.42. The van der Waals surface area contributed by atoms with Crippen molar-refractivity contribution in [2.45, 2.75) is 31.8 Å². The Bertz CT molecular complexity index is 113. The fourth-order valence-electron chi connectivity index (χ4n) is 1.08. The SMILES string of the molecule is [2H]C12CCCC[C]1O2. The van der Waals surface area contributed by atoms with Gasteiger partial charge in [-0.25, -0.2) is 0 Å². The largest absolute Gasteiger partial charge is 0.363 e. The van der Waals surface area contributed by atoms with Crippen molar-refractivity contribution in [1.82, 2.24) is 0 Å². The highest BCUT2D eigenvalue weighted by atomic mass is 16.6. The minimum absolute atomic E-state index is 0.488. The van der Waals surface area contributed by atoms with E-state index in [4.69, 9.17) is 6.11 Å². The van der Waals surface area contributed by atoms with Crippen molar-refractivity contribution in [2.24, 2.45) is 0 Å². The van der Waals surface area contributed by atoms with Gasteiger partial charge in [0.05, 0.1) is 7.45 Å². The molecule has 0 amide bonds. The zero-order valence-electron chi connectivity index (χ0n) is 5.24. The zero-order valence-corrected chi connectivity index (χ0v) is 4.24. The summed E-state index contributed by atoms with van der Waals surface area (Å²) in [6.07, 6.45) is 4.93. The minimum atomic E-state index is -0.488. The van der Waals surface area contributed by atoms with Crippen molar-refractivity contribution in [2.75, 3.05) is 0 Å². The summed E-state index contributed by atoms with van der Waals surface area (Å²) in [4.78, 5) is 0. The van der Waals surface area contributed by atoms with E-state index in [2.05, 4.69) is 0 Å². The lowest BCUT2D eigenvalue weighted by atomic mass is 10.0. The van der Waals surface area contributed by atoms with Crippen LogP contribution in [0.15, 0.2) is 0 Å². The minimum Gasteiger partial charge on any atom is -0.363 e. The van der Waals surface area contributed by atoms with Gasteiger partial charge in [-0.15, -0.1) is 0 Å². The molecule has 1 nitrogen and oxygen atoms in total. The third kappa shape index (κ3) is 0.556. The third-order valence-corrected chi connectivity index (χ3v) is 1.57. The molecule has 2 aliphatic rings. The molecule has 1 heteroatoms. The van der Waals surface area contributed by atoms with Gasteiger partial charge in [-0.1, -0.05) is 12.8 Å². The molecule has 0 spiro atoms. The topological polar surface area (TPSA) is 12.5 Å². The number of ether oxygens (including phenoxy) is 1. The fraction of sp³-hybridized carbons (Fsp3) is 0.833. The van der Waals surface area contributed by atoms with Gasteiger partial charge in [-0.3, -0.25) is 0 Å². The molecule has 39 valence electrons. The second kappa shape index (κ2) is 1.22. The second-order valence-electron chi connectivity index (χ2n) is 2.16. The molecule has 0 aromatic rings. The van der Waals surface area contributed by atoms with E-state index >= 15 is 0 Å². The maximum Gasteiger partial charge on any atom is 0.126 e. The molecular formula is C6H9O. The van der Waals surface area contributed by atoms with Crippen LogP contribution in [0.3, 0.4) is 0 Å². The molecule has 1 radical (unpaired) electrons. The predicted octanol–water partition coefficient (Wildman–Crippen LogP) is 1.49. The van der Waals surface area contributed by atoms with Crippen LogP contribution in [-0.2, 0) is 4.74 Å². The van der Waals surface area contributed by atoms with Gasteiger partial charge in [0.25, 0.3) is 0 Å². The van der Waals surface area contributed by atoms with Crippen LogP contribution in [0.2, 0.25) is 0 Å². The summed E-state index contributed by atoms with van der Waals surface area (Å²) in [5.41, 5.74) is 0. The van der Waals surface area contributed by atoms with Crippen molar-refractivity contribution in [1.29, 1.82) is 0 Å². The lowest BCUT2D eigenvalue weighted by Crippen LogP contribution is -1.94. The summed E-state index contributed by atoms with van der Waals surface area (Å²) in [6, 6.07) is 0. The number of epoxide rings is 1. The highest BCUT2D eigenvalue weighted by Gasteiger charge is 2.41. The van der Waals surface area contributed by atoms with Gasteiger partial charge in [0, 0.05) is 0 Å². The highest BCUT2D eigenvalue weighted by molar-refractivity contribution is 5.05. The van der Waals surface area contributed by atoms with Gasteiger partial charge >= 0.3 is 0 Å². The van der Waals surface area contributed by atoms with Crippen LogP contribution >= 0.6 is 0 Å². The van der Waals surface area contributed by atoms with E-state index in [1.807, 2.05) is 0 Å². The van der Waals surface area contributed by atoms with Crippen LogP contribution in [0, 0.1) is 6.10 Å². The number of hydrogen-bond acceptors (Lipinski definition) is 1. The molecule has 1 atom stereocenters. The van der Waals surface area contributed by atoms with Gasteiger partial charge < -0.3 is 4.74 Å². The van der Waals surface area contributed by atoms with Gasteiger partial charge in [0.15, 0.2) is 0 Å². The van der Waals surface area contributed by atoms with E-state index in [-0.39, 0.29) is 0 Å². The van der Waals surface area contributed by atoms with E-state index in [0.29, 0.717) is 0 Å². The van der Waals surface area contributed by atoms with E-state index in [1.165, 1.54) is 12.8 Å². The third-order valence-electron chi connectivity index (χ3n) is 1.57. The Kier molecular flexibility index (Phi) is 0.537. The lowest BCUT2D eigenvalue weighted by molar-refractivity contribution is 0.404. The van der Waals surface area contributed by atoms with Crippen LogP contribution in [0.4, 0.5) is 0 Å². The molecule has 0 bridgehead atoms. The van der Waals surface area contributed by atoms with Crippen molar-refractivity contribution >= 4 is 0 Å². The van der Waals surface area contributed by atoms with Crippen LogP contribution in [-0.4, -0.2) is 6.08 Å². The molecule has 1 unspecified atom stereocenters. The molecule has 0 aromatic carbocycles. The molecule has 2 rings (SSSR count). The molecule has 0 N–H and O–H groups in total. The van der Waals surface area contributed by atoms with Crippen molar-refractivity contribution < 1.29 is 6.11 Å². The summed E-state index contributed by atoms with van der Waals surface area (Å²) in [5.74, 6) is 0. The van der Waals surface area contributed by atoms with E-state index in [9.17, 15) is 0 Å². The Morgan fingerprint density at radius 3 is 3.29 bits per heavy atom. The Morgan fingerprint density at radius 2 is 2.71 bits per heavy atom. The van der Waals surface area contributed by atoms with Gasteiger partial charge in [-0.05, 0) is 12.8 Å². The average molecular weight is 98.1 g/mol. The Morgan fingerprint density at radius 1 is 1.71 bits per heavy atom.